The number of fused-ring (bicyclic) bond motifs is 1. The van der Waals surface area contributed by atoms with Crippen LogP contribution < -0.4 is 15.2 Å². The van der Waals surface area contributed by atoms with E-state index in [9.17, 15) is 15.3 Å². The number of imidazole rings is 1. The van der Waals surface area contributed by atoms with Gasteiger partial charge in [0.1, 0.15) is 24.1 Å². The Morgan fingerprint density at radius 3 is 2.73 bits per heavy atom. The molecule has 1 fully saturated rings. The van der Waals surface area contributed by atoms with Gasteiger partial charge in [-0.15, -0.1) is 0 Å². The maximum absolute atomic E-state index is 10.3. The van der Waals surface area contributed by atoms with Crippen LogP contribution in [0.2, 0.25) is 0 Å². The zero-order valence-electron chi connectivity index (χ0n) is 16.3. The zero-order chi connectivity index (χ0) is 21.3. The summed E-state index contributed by atoms with van der Waals surface area (Å²) in [5.41, 5.74) is 7.56. The molecule has 30 heavy (non-hydrogen) atoms. The molecule has 1 aliphatic rings. The zero-order valence-corrected chi connectivity index (χ0v) is 16.3. The Morgan fingerprint density at radius 1 is 1.20 bits per heavy atom. The number of nitrogens with two attached hydrogens (primary N) is 1. The van der Waals surface area contributed by atoms with Gasteiger partial charge in [-0.3, -0.25) is 4.57 Å². The van der Waals surface area contributed by atoms with Gasteiger partial charge in [-0.05, 0) is 11.6 Å². The van der Waals surface area contributed by atoms with Crippen molar-refractivity contribution >= 4 is 17.0 Å². The predicted octanol–water partition coefficient (Wildman–Crippen LogP) is -0.350. The summed E-state index contributed by atoms with van der Waals surface area (Å²) in [7, 11) is 1.61. The summed E-state index contributed by atoms with van der Waals surface area (Å²) in [5.74, 6) is 0.872. The van der Waals surface area contributed by atoms with Gasteiger partial charge in [0, 0.05) is 6.42 Å². The van der Waals surface area contributed by atoms with E-state index in [4.69, 9.17) is 19.9 Å². The highest BCUT2D eigenvalue weighted by Crippen LogP contribution is 2.32. The lowest BCUT2D eigenvalue weighted by molar-refractivity contribution is -0.0511. The highest BCUT2D eigenvalue weighted by Gasteiger charge is 2.44. The van der Waals surface area contributed by atoms with Gasteiger partial charge in [0.25, 0.3) is 0 Å². The molecule has 11 heteroatoms. The van der Waals surface area contributed by atoms with Crippen molar-refractivity contribution in [2.75, 3.05) is 26.1 Å². The molecule has 0 saturated carbocycles. The highest BCUT2D eigenvalue weighted by atomic mass is 16.6. The molecule has 1 aliphatic heterocycles. The van der Waals surface area contributed by atoms with Gasteiger partial charge in [0.2, 0.25) is 0 Å². The molecule has 1 saturated heterocycles. The van der Waals surface area contributed by atoms with Crippen LogP contribution >= 0.6 is 0 Å². The molecule has 1 aromatic carbocycles. The number of hydrogen-bond donors (Lipinski definition) is 4. The normalized spacial score (nSPS) is 23.7. The van der Waals surface area contributed by atoms with Gasteiger partial charge >= 0.3 is 6.01 Å². The summed E-state index contributed by atoms with van der Waals surface area (Å²) in [6.45, 7) is -0.150. The monoisotopic (exact) mass is 417 g/mol. The van der Waals surface area contributed by atoms with Crippen molar-refractivity contribution in [3.63, 3.8) is 0 Å². The van der Waals surface area contributed by atoms with Gasteiger partial charge in [-0.1, -0.05) is 18.2 Å². The number of rotatable bonds is 7. The number of para-hydroxylation sites is 1. The van der Waals surface area contributed by atoms with E-state index in [-0.39, 0.29) is 24.1 Å². The lowest BCUT2D eigenvalue weighted by atomic mass is 10.1. The molecule has 0 spiro atoms. The number of benzene rings is 1. The first-order chi connectivity index (χ1) is 14.5. The molecular formula is C19H23N5O6. The average Bonchev–Trinajstić information content (AvgIpc) is 3.30. The van der Waals surface area contributed by atoms with Crippen LogP contribution in [0.4, 0.5) is 5.82 Å². The number of anilines is 1. The standard InChI is InChI=1S/C19H23N5O6/c1-28-11-5-3-2-4-10(11)6-7-29-19-22-16(20)13-17(23-19)24(9-21-13)18-15(27)14(26)12(8-25)30-18/h2-5,9,12,14-15,18,25-27H,6-8H2,1H3,(H2,20,22,23)/t12-,14-,15-,18?/m0/s1. The lowest BCUT2D eigenvalue weighted by Gasteiger charge is -2.16. The molecule has 4 rings (SSSR count). The second kappa shape index (κ2) is 8.40. The highest BCUT2D eigenvalue weighted by molar-refractivity contribution is 5.82. The van der Waals surface area contributed by atoms with E-state index >= 15 is 0 Å². The Labute approximate surface area is 171 Å². The number of aliphatic hydroxyl groups is 3. The minimum absolute atomic E-state index is 0.0448. The molecule has 0 amide bonds. The minimum atomic E-state index is -1.27. The largest absolute Gasteiger partial charge is 0.496 e. The maximum Gasteiger partial charge on any atom is 0.320 e. The third-order valence-electron chi connectivity index (χ3n) is 5.01. The number of ether oxygens (including phenoxy) is 3. The Hall–Kier alpha value is -2.99. The van der Waals surface area contributed by atoms with Crippen LogP contribution in [0.15, 0.2) is 30.6 Å². The SMILES string of the molecule is COc1ccccc1CCOc1nc(N)c2ncn(C3O[C@@H](CO)[C@H](O)[C@@H]3O)c2n1. The van der Waals surface area contributed by atoms with Crippen LogP contribution in [-0.2, 0) is 11.2 Å². The average molecular weight is 417 g/mol. The van der Waals surface area contributed by atoms with E-state index in [2.05, 4.69) is 15.0 Å². The molecular weight excluding hydrogens is 394 g/mol. The van der Waals surface area contributed by atoms with E-state index in [0.29, 0.717) is 11.9 Å². The number of aromatic nitrogens is 4. The molecule has 2 aromatic heterocycles. The summed E-state index contributed by atoms with van der Waals surface area (Å²) in [6.07, 6.45) is -2.47. The number of hydrogen-bond acceptors (Lipinski definition) is 10. The summed E-state index contributed by atoms with van der Waals surface area (Å²) in [6, 6.07) is 7.66. The maximum atomic E-state index is 10.3. The molecule has 5 N–H and O–H groups in total. The molecule has 0 radical (unpaired) electrons. The van der Waals surface area contributed by atoms with Crippen LogP contribution in [0.25, 0.3) is 11.2 Å². The Bertz CT molecular complexity index is 1030. The van der Waals surface area contributed by atoms with Crippen LogP contribution in [0.3, 0.4) is 0 Å². The first-order valence-electron chi connectivity index (χ1n) is 9.40. The van der Waals surface area contributed by atoms with E-state index in [1.807, 2.05) is 24.3 Å². The second-order valence-electron chi connectivity index (χ2n) is 6.85. The van der Waals surface area contributed by atoms with Gasteiger partial charge in [-0.25, -0.2) is 4.98 Å². The van der Waals surface area contributed by atoms with E-state index in [1.165, 1.54) is 10.9 Å². The van der Waals surface area contributed by atoms with Gasteiger partial charge < -0.3 is 35.3 Å². The first-order valence-corrected chi connectivity index (χ1v) is 9.40. The number of nitrogen functional groups attached to an aromatic ring is 1. The molecule has 1 unspecified atom stereocenters. The van der Waals surface area contributed by atoms with Crippen LogP contribution in [0.5, 0.6) is 11.8 Å². The first kappa shape index (κ1) is 20.3. The molecule has 11 nitrogen and oxygen atoms in total. The number of methoxy groups -OCH3 is 1. The third kappa shape index (κ3) is 3.63. The van der Waals surface area contributed by atoms with E-state index < -0.39 is 31.1 Å². The summed E-state index contributed by atoms with van der Waals surface area (Å²) in [4.78, 5) is 12.6. The van der Waals surface area contributed by atoms with Crippen molar-refractivity contribution < 1.29 is 29.5 Å². The molecule has 4 atom stereocenters. The predicted molar refractivity (Wildman–Crippen MR) is 105 cm³/mol. The lowest BCUT2D eigenvalue weighted by Crippen LogP contribution is -2.33. The van der Waals surface area contributed by atoms with Crippen molar-refractivity contribution in [1.82, 2.24) is 19.5 Å². The quantitative estimate of drug-likeness (QED) is 0.400. The van der Waals surface area contributed by atoms with E-state index in [0.717, 1.165) is 11.3 Å². The molecule has 160 valence electrons. The third-order valence-corrected chi connectivity index (χ3v) is 5.01. The fraction of sp³-hybridized carbons (Fsp3) is 0.421. The summed E-state index contributed by atoms with van der Waals surface area (Å²) < 4.78 is 18.0. The van der Waals surface area contributed by atoms with Crippen molar-refractivity contribution in [2.24, 2.45) is 0 Å². The molecule has 0 aliphatic carbocycles. The summed E-state index contributed by atoms with van der Waals surface area (Å²) in [5, 5.41) is 29.6. The van der Waals surface area contributed by atoms with Crippen molar-refractivity contribution in [3.05, 3.63) is 36.2 Å². The number of nitrogens with zero attached hydrogens (tertiary/aromatic N) is 4. The van der Waals surface area contributed by atoms with Crippen LogP contribution in [0, 0.1) is 0 Å². The molecule has 0 bridgehead atoms. The van der Waals surface area contributed by atoms with E-state index in [1.54, 1.807) is 7.11 Å². The minimum Gasteiger partial charge on any atom is -0.496 e. The smallest absolute Gasteiger partial charge is 0.320 e. The van der Waals surface area contributed by atoms with Crippen molar-refractivity contribution in [2.45, 2.75) is 31.0 Å². The Morgan fingerprint density at radius 2 is 2.00 bits per heavy atom. The van der Waals surface area contributed by atoms with Crippen molar-refractivity contribution in [1.29, 1.82) is 0 Å². The Kier molecular flexibility index (Phi) is 5.68. The fourth-order valence-electron chi connectivity index (χ4n) is 3.44. The fourth-order valence-corrected chi connectivity index (χ4v) is 3.44. The van der Waals surface area contributed by atoms with Gasteiger partial charge in [0.05, 0.1) is 26.7 Å². The van der Waals surface area contributed by atoms with Crippen LogP contribution in [0.1, 0.15) is 11.8 Å². The molecule has 3 heterocycles. The summed E-state index contributed by atoms with van der Waals surface area (Å²) >= 11 is 0. The second-order valence-corrected chi connectivity index (χ2v) is 6.85. The van der Waals surface area contributed by atoms with Gasteiger partial charge in [0.15, 0.2) is 23.2 Å². The topological polar surface area (TPSA) is 158 Å². The van der Waals surface area contributed by atoms with Crippen molar-refractivity contribution in [3.8, 4) is 11.8 Å². The molecule has 3 aromatic rings. The van der Waals surface area contributed by atoms with Gasteiger partial charge in [-0.2, -0.15) is 9.97 Å². The Balaban J connectivity index is 1.55. The number of aliphatic hydroxyl groups excluding tert-OH is 3. The van der Waals surface area contributed by atoms with Crippen LogP contribution in [-0.4, -0.2) is 73.5 Å².